The van der Waals surface area contributed by atoms with Crippen LogP contribution < -0.4 is 30.6 Å². The molecule has 0 atom stereocenters. The van der Waals surface area contributed by atoms with Crippen LogP contribution >= 0.6 is 0 Å². The molecule has 4 heterocycles. The highest BCUT2D eigenvalue weighted by atomic mass is 15.3. The van der Waals surface area contributed by atoms with Crippen molar-refractivity contribution in [3.63, 3.8) is 0 Å². The first-order valence-corrected chi connectivity index (χ1v) is 35.5. The van der Waals surface area contributed by atoms with E-state index in [1.54, 1.807) is 0 Å². The van der Waals surface area contributed by atoms with Crippen molar-refractivity contribution in [2.24, 2.45) is 0 Å². The number of anilines is 3. The minimum atomic E-state index is -0.551. The smallest absolute Gasteiger partial charge is 0.388 e. The van der Waals surface area contributed by atoms with E-state index in [0.717, 1.165) is 128 Å². The fourth-order valence-corrected chi connectivity index (χ4v) is 16.6. The number of rotatable bonds is 11. The first kappa shape index (κ1) is 61.1. The highest BCUT2D eigenvalue weighted by Crippen LogP contribution is 2.57. The van der Waals surface area contributed by atoms with Gasteiger partial charge in [-0.1, -0.05) is 305 Å². The average Bonchev–Trinajstić information content (AvgIpc) is 1.32. The van der Waals surface area contributed by atoms with Gasteiger partial charge in [0, 0.05) is 45.4 Å². The van der Waals surface area contributed by atoms with Crippen molar-refractivity contribution in [1.82, 2.24) is 23.9 Å². The van der Waals surface area contributed by atoms with Gasteiger partial charge in [-0.15, -0.1) is 0 Å². The molecule has 1 aliphatic carbocycles. The Bertz CT molecular complexity index is 5910. The van der Waals surface area contributed by atoms with E-state index in [4.69, 9.17) is 15.0 Å². The van der Waals surface area contributed by atoms with Gasteiger partial charge < -0.3 is 14.2 Å². The molecule has 1 aliphatic heterocycles. The molecular weight excluding hydrogens is 1250 g/mol. The summed E-state index contributed by atoms with van der Waals surface area (Å²) in [5, 5.41) is 0. The highest BCUT2D eigenvalue weighted by Gasteiger charge is 2.56. The number of hydrogen-bond donors (Lipinski definition) is 0. The molecule has 1 saturated heterocycles. The first-order chi connectivity index (χ1) is 50.9. The molecule has 0 amide bonds. The second-order valence-corrected chi connectivity index (χ2v) is 27.4. The van der Waals surface area contributed by atoms with Crippen LogP contribution in [-0.2, 0) is 5.41 Å². The van der Waals surface area contributed by atoms with E-state index >= 15 is 0 Å². The van der Waals surface area contributed by atoms with E-state index in [1.807, 2.05) is 12.3 Å². The predicted octanol–water partition coefficient (Wildman–Crippen LogP) is 19.5. The maximum atomic E-state index is 5.86. The zero-order chi connectivity index (χ0) is 68.5. The lowest BCUT2D eigenvalue weighted by molar-refractivity contribution is 0.643. The molecule has 2 aliphatic rings. The monoisotopic (exact) mass is 1320 g/mol. The van der Waals surface area contributed by atoms with E-state index in [-0.39, 0.29) is 20.9 Å². The van der Waals surface area contributed by atoms with Gasteiger partial charge in [0.25, 0.3) is 0 Å². The van der Waals surface area contributed by atoms with Crippen molar-refractivity contribution in [1.29, 1.82) is 0 Å². The molecule has 0 spiro atoms. The molecule has 3 aromatic heterocycles. The molecule has 0 unspecified atom stereocenters. The summed E-state index contributed by atoms with van der Waals surface area (Å²) < 4.78 is 12.3. The number of fused-ring (bicyclic) bond motifs is 14. The Kier molecular flexibility index (Phi) is 15.0. The van der Waals surface area contributed by atoms with Gasteiger partial charge in [-0.25, -0.2) is 19.5 Å². The van der Waals surface area contributed by atoms with Crippen LogP contribution in [0.15, 0.2) is 370 Å². The SMILES string of the molecule is CC1(C)c2cccc(c2)-c2c(c(-c3ccccc3)c(-c3ccccc3)c(-c3ccnc(-n4c5ccccc5n5c6ccccc6nc45)n3)c2-c2ccccc2)-c2cccc(c2)-c2cc(B3N(c4ccccc4)B(c4ccccc4)N(c4ccccc4)B(c4ccccc4)N3c3ccccc3)ccc21. The number of para-hydroxylation sites is 7. The average molecular weight is 1320 g/mol. The lowest BCUT2D eigenvalue weighted by Gasteiger charge is -2.57. The van der Waals surface area contributed by atoms with Crippen LogP contribution in [0.4, 0.5) is 17.1 Å². The van der Waals surface area contributed by atoms with Crippen LogP contribution in [-0.4, -0.2) is 44.9 Å². The highest BCUT2D eigenvalue weighted by molar-refractivity contribution is 7.14. The standard InChI is InChI=1S/C92H67B3N8/c1-92(2)70-42-32-41-69(62-70)88-86(66-37-15-5-16-38-66)89(80-59-60-96-90(97-80)100-83-56-30-29-55-82(83)99-81-54-28-27-53-79(81)98-91(99)100)85(65-35-13-4-14-36-65)84(64-33-11-3-12-34-64)87(88)68-40-31-39-67(61-68)77-63-73(57-58-78(77)92)95-102(75-49-23-9-24-50-75)93(71-43-17-6-18-44-71)101(74-47-21-8-22-48-74)94(72-45-19-7-20-46-72)103(95)76-51-25-10-26-52-76/h3-63H,1-2H3. The van der Waals surface area contributed by atoms with Gasteiger partial charge >= 0.3 is 20.9 Å². The second-order valence-electron chi connectivity index (χ2n) is 27.4. The second kappa shape index (κ2) is 25.3. The van der Waals surface area contributed by atoms with E-state index in [1.165, 1.54) is 22.1 Å². The molecule has 8 nitrogen and oxygen atoms in total. The van der Waals surface area contributed by atoms with Gasteiger partial charge in [0.1, 0.15) is 0 Å². The third kappa shape index (κ3) is 10.3. The van der Waals surface area contributed by atoms with Crippen LogP contribution in [0.25, 0.3) is 112 Å². The Morgan fingerprint density at radius 3 is 1.24 bits per heavy atom. The fraction of sp³-hybridized carbons (Fsp3) is 0.0326. The number of nitrogens with zero attached hydrogens (tertiary/aromatic N) is 8. The van der Waals surface area contributed by atoms with E-state index < -0.39 is 5.41 Å². The van der Waals surface area contributed by atoms with Gasteiger partial charge in [-0.3, -0.25) is 4.40 Å². The molecule has 1 fully saturated rings. The Hall–Kier alpha value is -13.0. The van der Waals surface area contributed by atoms with Crippen molar-refractivity contribution >= 4 is 82.2 Å². The van der Waals surface area contributed by atoms with Crippen LogP contribution in [0.3, 0.4) is 0 Å². The predicted molar refractivity (Wildman–Crippen MR) is 431 cm³/mol. The van der Waals surface area contributed by atoms with Crippen LogP contribution in [0.5, 0.6) is 0 Å². The largest absolute Gasteiger partial charge is 0.416 e. The summed E-state index contributed by atoms with van der Waals surface area (Å²) in [4.78, 5) is 16.4. The molecule has 11 heteroatoms. The third-order valence-corrected chi connectivity index (χ3v) is 21.2. The van der Waals surface area contributed by atoms with Crippen molar-refractivity contribution in [2.75, 3.05) is 14.2 Å². The lowest BCUT2D eigenvalue weighted by Crippen LogP contribution is -2.86. The molecule has 484 valence electrons. The number of imidazole rings is 2. The van der Waals surface area contributed by atoms with Crippen molar-refractivity contribution in [2.45, 2.75) is 19.3 Å². The number of aromatic nitrogens is 5. The first-order valence-electron chi connectivity index (χ1n) is 35.5. The molecule has 103 heavy (non-hydrogen) atoms. The van der Waals surface area contributed by atoms with Crippen molar-refractivity contribution < 1.29 is 0 Å². The molecule has 0 saturated carbocycles. The Morgan fingerprint density at radius 2 is 0.709 bits per heavy atom. The van der Waals surface area contributed by atoms with Gasteiger partial charge in [-0.05, 0) is 156 Å². The number of hydrogen-bond acceptors (Lipinski definition) is 6. The molecule has 0 N–H and O–H groups in total. The van der Waals surface area contributed by atoms with Gasteiger partial charge in [-0.2, -0.15) is 0 Å². The number of benzene rings is 14. The molecule has 4 bridgehead atoms. The summed E-state index contributed by atoms with van der Waals surface area (Å²) in [6.07, 6.45) is 1.93. The Balaban J connectivity index is 0.910. The molecule has 19 rings (SSSR count). The van der Waals surface area contributed by atoms with Crippen molar-refractivity contribution in [3.8, 4) is 84.0 Å². The van der Waals surface area contributed by atoms with Crippen molar-refractivity contribution in [3.05, 3.63) is 381 Å². The van der Waals surface area contributed by atoms with Gasteiger partial charge in [0.15, 0.2) is 0 Å². The summed E-state index contributed by atoms with van der Waals surface area (Å²) >= 11 is 0. The minimum Gasteiger partial charge on any atom is -0.416 e. The summed E-state index contributed by atoms with van der Waals surface area (Å²) in [6.45, 7) is 3.85. The molecule has 14 aromatic carbocycles. The minimum absolute atomic E-state index is 0.299. The maximum absolute atomic E-state index is 5.86. The van der Waals surface area contributed by atoms with Gasteiger partial charge in [0.2, 0.25) is 11.7 Å². The summed E-state index contributed by atoms with van der Waals surface area (Å²) in [5.74, 6) is 1.27. The van der Waals surface area contributed by atoms with E-state index in [0.29, 0.717) is 5.95 Å². The van der Waals surface area contributed by atoms with E-state index in [9.17, 15) is 0 Å². The van der Waals surface area contributed by atoms with Crippen LogP contribution in [0.2, 0.25) is 0 Å². The zero-order valence-electron chi connectivity index (χ0n) is 57.0. The van der Waals surface area contributed by atoms with E-state index in [2.05, 4.69) is 395 Å². The molecular formula is C92H67B3N8. The maximum Gasteiger partial charge on any atom is 0.388 e. The Labute approximate surface area is 601 Å². The topological polar surface area (TPSA) is 57.7 Å². The normalized spacial score (nSPS) is 13.3. The van der Waals surface area contributed by atoms with Crippen LogP contribution in [0, 0.1) is 0 Å². The zero-order valence-corrected chi connectivity index (χ0v) is 57.0. The summed E-state index contributed by atoms with van der Waals surface area (Å²) in [6, 6.07) is 134. The quantitative estimate of drug-likeness (QED) is 0.120. The molecule has 17 aromatic rings. The van der Waals surface area contributed by atoms with Gasteiger partial charge in [0.05, 0.1) is 27.8 Å². The summed E-state index contributed by atoms with van der Waals surface area (Å²) in [7, 11) is 0. The fourth-order valence-electron chi connectivity index (χ4n) is 16.6. The summed E-state index contributed by atoms with van der Waals surface area (Å²) in [5.41, 5.74) is 27.5. The lowest BCUT2D eigenvalue weighted by atomic mass is 9.37. The molecule has 0 radical (unpaired) electrons. The van der Waals surface area contributed by atoms with Crippen LogP contribution in [0.1, 0.15) is 25.0 Å². The Morgan fingerprint density at radius 1 is 0.301 bits per heavy atom. The third-order valence-electron chi connectivity index (χ3n) is 21.2.